The van der Waals surface area contributed by atoms with Crippen molar-refractivity contribution in [2.24, 2.45) is 7.05 Å². The maximum atomic E-state index is 14.3. The third-order valence-corrected chi connectivity index (χ3v) is 5.80. The molecule has 0 aliphatic heterocycles. The van der Waals surface area contributed by atoms with Gasteiger partial charge >= 0.3 is 53.5 Å². The zero-order valence-electron chi connectivity index (χ0n) is 20.0. The number of alkyl halides is 17. The van der Waals surface area contributed by atoms with Crippen LogP contribution in [-0.4, -0.2) is 62.9 Å². The van der Waals surface area contributed by atoms with Gasteiger partial charge in [-0.05, 0) is 19.1 Å². The van der Waals surface area contributed by atoms with E-state index in [9.17, 15) is 84.2 Å². The first-order chi connectivity index (χ1) is 18.5. The van der Waals surface area contributed by atoms with Gasteiger partial charge in [0.25, 0.3) is 5.56 Å². The predicted molar refractivity (Wildman–Crippen MR) is 105 cm³/mol. The molecule has 1 aromatic heterocycles. The van der Waals surface area contributed by atoms with Gasteiger partial charge in [-0.2, -0.15) is 74.6 Å². The van der Waals surface area contributed by atoms with Gasteiger partial charge < -0.3 is 5.32 Å². The summed E-state index contributed by atoms with van der Waals surface area (Å²) < 4.78 is 230. The van der Waals surface area contributed by atoms with E-state index in [4.69, 9.17) is 0 Å². The topological polar surface area (TPSA) is 56.0 Å². The number of benzene rings is 1. The summed E-state index contributed by atoms with van der Waals surface area (Å²) in [6, 6.07) is 6.41. The lowest BCUT2D eigenvalue weighted by atomic mass is 9.89. The van der Waals surface area contributed by atoms with Gasteiger partial charge in [-0.25, -0.2) is 4.68 Å². The number of amides is 1. The van der Waals surface area contributed by atoms with Gasteiger partial charge in [0.2, 0.25) is 0 Å². The Morgan fingerprint density at radius 2 is 1.02 bits per heavy atom. The van der Waals surface area contributed by atoms with Crippen LogP contribution in [0.3, 0.4) is 0 Å². The van der Waals surface area contributed by atoms with E-state index in [-0.39, 0.29) is 5.69 Å². The molecule has 238 valence electrons. The lowest BCUT2D eigenvalue weighted by Gasteiger charge is -2.42. The fraction of sp³-hybridized carbons (Fsp3) is 0.500. The number of aromatic nitrogens is 2. The number of rotatable bonds is 9. The molecule has 0 aliphatic rings. The molecule has 0 spiro atoms. The molecule has 0 aliphatic carbocycles. The molecule has 2 rings (SSSR count). The fourth-order valence-corrected chi connectivity index (χ4v) is 3.21. The SMILES string of the molecule is Cc1c(NC(=O)C(F)(F)C(F)(F)C(F)(F)C(F)(F)C(F)(F)C(F)(F)C(F)(F)C(F)(F)F)c(=O)n(-c2ccccc2)n1C. The standard InChI is InChI=1S/C20H12F17N3O2/c1-8-10(11(41)40(39(8)2)9-6-4-3-5-7-9)38-12(42)13(21,22)14(23,24)15(25,26)16(27,28)17(29,30)18(31,32)19(33,34)20(35,36)37/h3-7H,1-2H3,(H,38,42). The molecule has 1 N–H and O–H groups in total. The van der Waals surface area contributed by atoms with Crippen molar-refractivity contribution in [3.8, 4) is 5.69 Å². The highest BCUT2D eigenvalue weighted by atomic mass is 19.4. The minimum atomic E-state index is -8.83. The van der Waals surface area contributed by atoms with Crippen LogP contribution < -0.4 is 10.9 Å². The van der Waals surface area contributed by atoms with Crippen molar-refractivity contribution >= 4 is 11.6 Å². The quantitative estimate of drug-likeness (QED) is 0.319. The number of nitrogens with one attached hydrogen (secondary N) is 1. The van der Waals surface area contributed by atoms with Crippen LogP contribution in [0.15, 0.2) is 35.1 Å². The van der Waals surface area contributed by atoms with E-state index >= 15 is 0 Å². The van der Waals surface area contributed by atoms with E-state index in [1.54, 1.807) is 0 Å². The van der Waals surface area contributed by atoms with E-state index in [2.05, 4.69) is 0 Å². The zero-order valence-corrected chi connectivity index (χ0v) is 20.0. The highest BCUT2D eigenvalue weighted by Crippen LogP contribution is 2.64. The molecule has 2 aromatic rings. The van der Waals surface area contributed by atoms with Crippen molar-refractivity contribution in [1.29, 1.82) is 0 Å². The van der Waals surface area contributed by atoms with Crippen LogP contribution in [0.4, 0.5) is 80.3 Å². The van der Waals surface area contributed by atoms with E-state index < -0.39 is 70.5 Å². The first-order valence-corrected chi connectivity index (χ1v) is 10.3. The number of nitrogens with zero attached hydrogens (tertiary/aromatic N) is 2. The third kappa shape index (κ3) is 4.47. The van der Waals surface area contributed by atoms with Gasteiger partial charge in [-0.3, -0.25) is 14.3 Å². The molecular formula is C20H12F17N3O2. The molecule has 42 heavy (non-hydrogen) atoms. The van der Waals surface area contributed by atoms with Crippen molar-refractivity contribution in [3.05, 3.63) is 46.4 Å². The highest BCUT2D eigenvalue weighted by Gasteiger charge is 2.95. The Morgan fingerprint density at radius 3 is 1.43 bits per heavy atom. The molecule has 1 amide bonds. The van der Waals surface area contributed by atoms with Gasteiger partial charge in [0.05, 0.1) is 11.4 Å². The van der Waals surface area contributed by atoms with Crippen molar-refractivity contribution in [2.45, 2.75) is 54.6 Å². The van der Waals surface area contributed by atoms with Crippen molar-refractivity contribution in [1.82, 2.24) is 9.36 Å². The van der Waals surface area contributed by atoms with Crippen LogP contribution in [0, 0.1) is 6.92 Å². The summed E-state index contributed by atoms with van der Waals surface area (Å²) >= 11 is 0. The van der Waals surface area contributed by atoms with Crippen molar-refractivity contribution < 1.29 is 79.4 Å². The summed E-state index contributed by atoms with van der Waals surface area (Å²) in [6.45, 7) is 0.832. The smallest absolute Gasteiger partial charge is 0.314 e. The minimum absolute atomic E-state index is 0.0873. The first-order valence-electron chi connectivity index (χ1n) is 10.3. The maximum absolute atomic E-state index is 14.3. The summed E-state index contributed by atoms with van der Waals surface area (Å²) in [5, 5.41) is 0.687. The number of para-hydroxylation sites is 1. The summed E-state index contributed by atoms with van der Waals surface area (Å²) in [4.78, 5) is 24.4. The molecule has 1 heterocycles. The molecule has 0 radical (unpaired) electrons. The zero-order chi connectivity index (χ0) is 33.3. The Morgan fingerprint density at radius 1 is 0.643 bits per heavy atom. The third-order valence-electron chi connectivity index (χ3n) is 5.80. The van der Waals surface area contributed by atoms with Crippen LogP contribution in [0.2, 0.25) is 0 Å². The summed E-state index contributed by atoms with van der Waals surface area (Å²) in [7, 11) is 1.000. The second-order valence-corrected chi connectivity index (χ2v) is 8.41. The molecular weight excluding hydrogens is 637 g/mol. The first kappa shape index (κ1) is 34.7. The molecule has 22 heteroatoms. The van der Waals surface area contributed by atoms with Crippen LogP contribution in [0.5, 0.6) is 0 Å². The maximum Gasteiger partial charge on any atom is 0.460 e. The monoisotopic (exact) mass is 649 g/mol. The Bertz CT molecular complexity index is 1390. The Kier molecular flexibility index (Phi) is 8.08. The number of carbonyl (C=O) groups excluding carboxylic acids is 1. The number of anilines is 1. The molecule has 0 atom stereocenters. The minimum Gasteiger partial charge on any atom is -0.314 e. The Labute approximate surface area is 220 Å². The second-order valence-electron chi connectivity index (χ2n) is 8.41. The van der Waals surface area contributed by atoms with Gasteiger partial charge in [0.1, 0.15) is 5.69 Å². The van der Waals surface area contributed by atoms with E-state index in [0.717, 1.165) is 18.7 Å². The van der Waals surface area contributed by atoms with Gasteiger partial charge in [0, 0.05) is 7.05 Å². The lowest BCUT2D eigenvalue weighted by molar-refractivity contribution is -0.459. The number of hydrogen-bond donors (Lipinski definition) is 1. The largest absolute Gasteiger partial charge is 0.460 e. The van der Waals surface area contributed by atoms with Crippen LogP contribution in [-0.2, 0) is 11.8 Å². The molecule has 0 saturated carbocycles. The van der Waals surface area contributed by atoms with Crippen molar-refractivity contribution in [2.75, 3.05) is 5.32 Å². The number of halogens is 17. The van der Waals surface area contributed by atoms with Crippen LogP contribution >= 0.6 is 0 Å². The van der Waals surface area contributed by atoms with E-state index in [0.29, 0.717) is 10.00 Å². The lowest BCUT2D eigenvalue weighted by Crippen LogP contribution is -2.75. The van der Waals surface area contributed by atoms with Crippen LogP contribution in [0.25, 0.3) is 5.69 Å². The molecule has 0 unspecified atom stereocenters. The summed E-state index contributed by atoms with van der Waals surface area (Å²) in [5.74, 6) is -62.6. The van der Waals surface area contributed by atoms with Gasteiger partial charge in [-0.15, -0.1) is 0 Å². The van der Waals surface area contributed by atoms with E-state index in [1.165, 1.54) is 30.3 Å². The fourth-order valence-electron chi connectivity index (χ4n) is 3.21. The summed E-state index contributed by atoms with van der Waals surface area (Å²) in [6.07, 6.45) is -7.88. The average Bonchev–Trinajstić information content (AvgIpc) is 3.05. The number of carbonyl (C=O) groups is 1. The van der Waals surface area contributed by atoms with Crippen LogP contribution in [0.1, 0.15) is 5.69 Å². The number of hydrogen-bond acceptors (Lipinski definition) is 2. The normalized spacial score (nSPS) is 14.7. The van der Waals surface area contributed by atoms with Gasteiger partial charge in [0.15, 0.2) is 0 Å². The molecule has 0 fully saturated rings. The Hall–Kier alpha value is -3.49. The molecule has 0 bridgehead atoms. The van der Waals surface area contributed by atoms with E-state index in [1.807, 2.05) is 0 Å². The average molecular weight is 649 g/mol. The summed E-state index contributed by atoms with van der Waals surface area (Å²) in [5.41, 5.74) is -3.64. The molecule has 1 aromatic carbocycles. The Balaban J connectivity index is 2.60. The second kappa shape index (κ2) is 9.78. The molecule has 5 nitrogen and oxygen atoms in total. The highest BCUT2D eigenvalue weighted by molar-refractivity contribution is 5.97. The van der Waals surface area contributed by atoms with Gasteiger partial charge in [-0.1, -0.05) is 18.2 Å². The van der Waals surface area contributed by atoms with Crippen molar-refractivity contribution in [3.63, 3.8) is 0 Å². The molecule has 0 saturated heterocycles. The predicted octanol–water partition coefficient (Wildman–Crippen LogP) is 6.43.